The lowest BCUT2D eigenvalue weighted by atomic mass is 9.44. The predicted octanol–water partition coefficient (Wildman–Crippen LogP) is 5.92. The molecule has 4 saturated carbocycles. The first-order valence-corrected chi connectivity index (χ1v) is 15.4. The molecule has 1 aliphatic heterocycles. The Morgan fingerprint density at radius 3 is 2.32 bits per heavy atom. The summed E-state index contributed by atoms with van der Waals surface area (Å²) in [5.74, 6) is 0.278. The number of nitrogens with zero attached hydrogens (tertiary/aromatic N) is 1. The number of benzene rings is 1. The molecule has 2 bridgehead atoms. The highest BCUT2D eigenvalue weighted by Crippen LogP contribution is 2.60. The van der Waals surface area contributed by atoms with E-state index in [1.54, 1.807) is 11.8 Å². The highest BCUT2D eigenvalue weighted by Gasteiger charge is 2.69. The van der Waals surface area contributed by atoms with E-state index in [-0.39, 0.29) is 50.8 Å². The molecule has 6 nitrogen and oxygen atoms in total. The summed E-state index contributed by atoms with van der Waals surface area (Å²) in [6.07, 6.45) is 14.3. The second kappa shape index (κ2) is 11.6. The van der Waals surface area contributed by atoms with Crippen LogP contribution in [0.1, 0.15) is 83.5 Å². The van der Waals surface area contributed by atoms with Crippen LogP contribution in [0.25, 0.3) is 0 Å². The molecule has 0 aromatic heterocycles. The summed E-state index contributed by atoms with van der Waals surface area (Å²) in [5.41, 5.74) is -0.544. The number of thioether (sulfide) groups is 1. The van der Waals surface area contributed by atoms with Crippen LogP contribution in [0.15, 0.2) is 18.2 Å². The Morgan fingerprint density at radius 2 is 1.68 bits per heavy atom. The first-order chi connectivity index (χ1) is 18.3. The van der Waals surface area contributed by atoms with Crippen LogP contribution in [0.5, 0.6) is 5.75 Å². The first-order valence-electron chi connectivity index (χ1n) is 14.1. The zero-order valence-corrected chi connectivity index (χ0v) is 23.3. The predicted molar refractivity (Wildman–Crippen MR) is 146 cm³/mol. The van der Waals surface area contributed by atoms with E-state index in [9.17, 15) is 19.2 Å². The molecule has 5 fully saturated rings. The summed E-state index contributed by atoms with van der Waals surface area (Å²) in [6, 6.07) is 6.58. The maximum atomic E-state index is 13.6. The molecule has 9 heteroatoms. The van der Waals surface area contributed by atoms with Crippen molar-refractivity contribution in [3.8, 4) is 11.8 Å². The molecule has 1 aromatic rings. The van der Waals surface area contributed by atoms with Crippen molar-refractivity contribution in [1.82, 2.24) is 10.6 Å². The van der Waals surface area contributed by atoms with Gasteiger partial charge in [-0.1, -0.05) is 69.4 Å². The second-order valence-electron chi connectivity index (χ2n) is 11.9. The van der Waals surface area contributed by atoms with Crippen molar-refractivity contribution < 1.29 is 18.7 Å². The molecule has 206 valence electrons. The van der Waals surface area contributed by atoms with E-state index >= 15 is 0 Å². The SMILES string of the molecule is N#CC1SC(C(=O)NC23CC(NC(=O)COc4ccc(Cl)c(F)c4)(C2)C3)CC1C1CCCCCCCCC1. The van der Waals surface area contributed by atoms with Gasteiger partial charge in [0.05, 0.1) is 21.6 Å². The number of nitriles is 1. The Balaban J connectivity index is 1.07. The summed E-state index contributed by atoms with van der Waals surface area (Å²) >= 11 is 7.23. The number of carbonyl (C=O) groups is 2. The van der Waals surface area contributed by atoms with Crippen LogP contribution in [-0.2, 0) is 9.59 Å². The van der Waals surface area contributed by atoms with E-state index in [1.807, 2.05) is 0 Å². The molecule has 38 heavy (non-hydrogen) atoms. The number of amides is 2. The Bertz CT molecular complexity index is 1070. The highest BCUT2D eigenvalue weighted by molar-refractivity contribution is 8.01. The number of ether oxygens (including phenoxy) is 1. The average molecular weight is 562 g/mol. The molecule has 3 atom stereocenters. The monoisotopic (exact) mass is 561 g/mol. The van der Waals surface area contributed by atoms with E-state index in [2.05, 4.69) is 16.7 Å². The van der Waals surface area contributed by atoms with Gasteiger partial charge in [0.25, 0.3) is 5.91 Å². The summed E-state index contributed by atoms with van der Waals surface area (Å²) in [4.78, 5) is 25.6. The van der Waals surface area contributed by atoms with Crippen molar-refractivity contribution in [2.45, 2.75) is 105 Å². The fourth-order valence-corrected chi connectivity index (χ4v) is 8.73. The average Bonchev–Trinajstić information content (AvgIpc) is 3.30. The Morgan fingerprint density at radius 1 is 1.05 bits per heavy atom. The summed E-state index contributed by atoms with van der Waals surface area (Å²) < 4.78 is 18.9. The maximum Gasteiger partial charge on any atom is 0.258 e. The smallest absolute Gasteiger partial charge is 0.258 e. The van der Waals surface area contributed by atoms with Crippen LogP contribution in [-0.4, -0.2) is 40.0 Å². The molecular formula is C29H37ClFN3O3S. The Kier molecular flexibility index (Phi) is 8.45. The van der Waals surface area contributed by atoms with E-state index in [4.69, 9.17) is 16.3 Å². The van der Waals surface area contributed by atoms with Crippen molar-refractivity contribution in [1.29, 1.82) is 5.26 Å². The molecule has 0 spiro atoms. The van der Waals surface area contributed by atoms with Crippen LogP contribution in [0.2, 0.25) is 5.02 Å². The van der Waals surface area contributed by atoms with Gasteiger partial charge in [0, 0.05) is 17.1 Å². The van der Waals surface area contributed by atoms with Gasteiger partial charge in [0.15, 0.2) is 6.61 Å². The molecule has 3 unspecified atom stereocenters. The second-order valence-corrected chi connectivity index (χ2v) is 13.6. The minimum absolute atomic E-state index is 0.00306. The van der Waals surface area contributed by atoms with Gasteiger partial charge in [-0.2, -0.15) is 5.26 Å². The zero-order chi connectivity index (χ0) is 26.8. The van der Waals surface area contributed by atoms with Crippen LogP contribution >= 0.6 is 23.4 Å². The third-order valence-electron chi connectivity index (χ3n) is 8.95. The quantitative estimate of drug-likeness (QED) is 0.431. The standard InChI is InChI=1S/C29H37ClFN3O3S/c30-22-11-10-20(12-23(22)31)37-15-26(35)33-28-16-29(17-28,18-28)34-27(36)24-13-21(25(14-32)38-24)19-8-6-4-2-1-3-5-7-9-19/h10-12,19,21,24-25H,1-9,13,15-18H2,(H,33,35)(H,34,36). The Hall–Kier alpha value is -1.98. The largest absolute Gasteiger partial charge is 0.484 e. The molecule has 1 heterocycles. The van der Waals surface area contributed by atoms with Crippen LogP contribution in [0.3, 0.4) is 0 Å². The lowest BCUT2D eigenvalue weighted by molar-refractivity contribution is -0.150. The molecule has 0 radical (unpaired) electrons. The van der Waals surface area contributed by atoms with Gasteiger partial charge < -0.3 is 15.4 Å². The van der Waals surface area contributed by atoms with Crippen molar-refractivity contribution in [3.05, 3.63) is 29.0 Å². The number of nitrogens with one attached hydrogen (secondary N) is 2. The molecule has 5 aliphatic rings. The molecular weight excluding hydrogens is 525 g/mol. The van der Waals surface area contributed by atoms with Crippen molar-refractivity contribution >= 4 is 35.2 Å². The maximum absolute atomic E-state index is 13.6. The number of hydrogen-bond donors (Lipinski definition) is 2. The van der Waals surface area contributed by atoms with Crippen LogP contribution in [0.4, 0.5) is 4.39 Å². The van der Waals surface area contributed by atoms with Gasteiger partial charge in [0.1, 0.15) is 11.6 Å². The number of halogens is 2. The topological polar surface area (TPSA) is 91.2 Å². The zero-order valence-electron chi connectivity index (χ0n) is 21.8. The lowest BCUT2D eigenvalue weighted by Gasteiger charge is -2.70. The van der Waals surface area contributed by atoms with Gasteiger partial charge in [-0.25, -0.2) is 4.39 Å². The fourth-order valence-electron chi connectivity index (χ4n) is 7.15. The van der Waals surface area contributed by atoms with Gasteiger partial charge in [-0.05, 0) is 49.7 Å². The van der Waals surface area contributed by atoms with Gasteiger partial charge in [-0.15, -0.1) is 11.8 Å². The number of carbonyl (C=O) groups excluding carboxylic acids is 2. The Labute approximate surface area is 233 Å². The first kappa shape index (κ1) is 27.6. The third kappa shape index (κ3) is 6.09. The molecule has 1 saturated heterocycles. The van der Waals surface area contributed by atoms with E-state index < -0.39 is 5.82 Å². The van der Waals surface area contributed by atoms with Gasteiger partial charge in [0.2, 0.25) is 5.91 Å². The normalized spacial score (nSPS) is 33.2. The van der Waals surface area contributed by atoms with Gasteiger partial charge in [-0.3, -0.25) is 9.59 Å². The van der Waals surface area contributed by atoms with Crippen molar-refractivity contribution in [2.75, 3.05) is 6.61 Å². The minimum Gasteiger partial charge on any atom is -0.484 e. The van der Waals surface area contributed by atoms with Crippen molar-refractivity contribution in [2.24, 2.45) is 11.8 Å². The van der Waals surface area contributed by atoms with Gasteiger partial charge >= 0.3 is 0 Å². The molecule has 4 aliphatic carbocycles. The molecule has 2 amide bonds. The third-order valence-corrected chi connectivity index (χ3v) is 10.7. The minimum atomic E-state index is -0.593. The molecule has 1 aromatic carbocycles. The van der Waals surface area contributed by atoms with E-state index in [0.717, 1.165) is 12.5 Å². The number of hydrogen-bond acceptors (Lipinski definition) is 5. The van der Waals surface area contributed by atoms with Crippen molar-refractivity contribution in [3.63, 3.8) is 0 Å². The summed E-state index contributed by atoms with van der Waals surface area (Å²) in [6.45, 7) is -0.209. The molecule has 2 N–H and O–H groups in total. The van der Waals surface area contributed by atoms with Crippen LogP contribution in [0, 0.1) is 29.0 Å². The summed E-state index contributed by atoms with van der Waals surface area (Å²) in [5, 5.41) is 15.9. The highest BCUT2D eigenvalue weighted by atomic mass is 35.5. The van der Waals surface area contributed by atoms with E-state index in [0.29, 0.717) is 31.1 Å². The van der Waals surface area contributed by atoms with E-state index in [1.165, 1.54) is 69.9 Å². The number of rotatable bonds is 7. The summed E-state index contributed by atoms with van der Waals surface area (Å²) in [7, 11) is 0. The fraction of sp³-hybridized carbons (Fsp3) is 0.690. The molecule has 6 rings (SSSR count). The lowest BCUT2D eigenvalue weighted by Crippen LogP contribution is -2.84. The van der Waals surface area contributed by atoms with Crippen LogP contribution < -0.4 is 15.4 Å².